The lowest BCUT2D eigenvalue weighted by Gasteiger charge is -2.05. The summed E-state index contributed by atoms with van der Waals surface area (Å²) < 4.78 is 0. The number of nitrogens with zero attached hydrogens (tertiary/aromatic N) is 2. The quantitative estimate of drug-likeness (QED) is 0.840. The van der Waals surface area contributed by atoms with Gasteiger partial charge in [0.25, 0.3) is 0 Å². The number of aromatic nitrogens is 2. The van der Waals surface area contributed by atoms with E-state index in [0.717, 1.165) is 0 Å². The maximum atomic E-state index is 10.9. The van der Waals surface area contributed by atoms with E-state index in [1.54, 1.807) is 11.3 Å². The van der Waals surface area contributed by atoms with Crippen LogP contribution in [0, 0.1) is 0 Å². The number of hydrogen-bond acceptors (Lipinski definition) is 5. The van der Waals surface area contributed by atoms with Gasteiger partial charge in [0.15, 0.2) is 0 Å². The van der Waals surface area contributed by atoms with Crippen LogP contribution in [0.1, 0.15) is 20.9 Å². The molecule has 0 aliphatic rings. The van der Waals surface area contributed by atoms with Crippen LogP contribution in [-0.2, 0) is 13.1 Å². The molecule has 0 aliphatic heterocycles. The molecule has 6 heteroatoms. The number of nitrogens with one attached hydrogen (secondary N) is 1. The van der Waals surface area contributed by atoms with Crippen molar-refractivity contribution in [3.8, 4) is 0 Å². The summed E-state index contributed by atoms with van der Waals surface area (Å²) in [5, 5.41) is 14.1. The number of carboxylic acids is 1. The predicted molar refractivity (Wildman–Crippen MR) is 63.9 cm³/mol. The summed E-state index contributed by atoms with van der Waals surface area (Å²) in [7, 11) is 0. The third kappa shape index (κ3) is 3.08. The minimum absolute atomic E-state index is 0.145. The number of aromatic carboxylic acids is 1. The highest BCUT2D eigenvalue weighted by Crippen LogP contribution is 2.08. The Kier molecular flexibility index (Phi) is 3.79. The highest BCUT2D eigenvalue weighted by Gasteiger charge is 2.10. The normalized spacial score (nSPS) is 10.4. The molecule has 2 heterocycles. The first-order valence-corrected chi connectivity index (χ1v) is 5.90. The van der Waals surface area contributed by atoms with Gasteiger partial charge >= 0.3 is 5.97 Å². The second kappa shape index (κ2) is 5.51. The predicted octanol–water partition coefficient (Wildman–Crippen LogP) is 1.53. The second-order valence-corrected chi connectivity index (χ2v) is 4.40. The molecule has 0 radical (unpaired) electrons. The number of thiophene rings is 1. The molecule has 2 rings (SSSR count). The molecule has 2 aromatic rings. The minimum Gasteiger partial charge on any atom is -0.478 e. The fourth-order valence-electron chi connectivity index (χ4n) is 1.39. The van der Waals surface area contributed by atoms with Gasteiger partial charge in [-0.3, -0.25) is 0 Å². The van der Waals surface area contributed by atoms with Crippen molar-refractivity contribution in [1.82, 2.24) is 15.3 Å². The largest absolute Gasteiger partial charge is 0.478 e. The molecule has 0 aliphatic carbocycles. The van der Waals surface area contributed by atoms with E-state index in [2.05, 4.69) is 15.3 Å². The van der Waals surface area contributed by atoms with Crippen LogP contribution in [0.2, 0.25) is 0 Å². The van der Waals surface area contributed by atoms with Crippen LogP contribution >= 0.6 is 11.3 Å². The van der Waals surface area contributed by atoms with Crippen LogP contribution in [0.15, 0.2) is 30.0 Å². The van der Waals surface area contributed by atoms with E-state index in [1.165, 1.54) is 17.4 Å². The Morgan fingerprint density at radius 3 is 3.06 bits per heavy atom. The molecule has 0 saturated heterocycles. The zero-order valence-electron chi connectivity index (χ0n) is 8.96. The van der Waals surface area contributed by atoms with Gasteiger partial charge in [-0.1, -0.05) is 6.07 Å². The van der Waals surface area contributed by atoms with Gasteiger partial charge in [0.1, 0.15) is 11.9 Å². The standard InChI is InChI=1S/C11H11N3O2S/c15-11(16)9-5-13-7-14-10(9)6-12-4-8-2-1-3-17-8/h1-3,5,7,12H,4,6H2,(H,15,16). The maximum Gasteiger partial charge on any atom is 0.339 e. The van der Waals surface area contributed by atoms with Crippen LogP contribution < -0.4 is 5.32 Å². The van der Waals surface area contributed by atoms with Gasteiger partial charge in [0.2, 0.25) is 0 Å². The van der Waals surface area contributed by atoms with Crippen LogP contribution in [0.4, 0.5) is 0 Å². The Balaban J connectivity index is 1.97. The fraction of sp³-hybridized carbons (Fsp3) is 0.182. The van der Waals surface area contributed by atoms with Crippen molar-refractivity contribution < 1.29 is 9.90 Å². The second-order valence-electron chi connectivity index (χ2n) is 3.37. The molecule has 17 heavy (non-hydrogen) atoms. The average Bonchev–Trinajstić information content (AvgIpc) is 2.82. The smallest absolute Gasteiger partial charge is 0.339 e. The number of rotatable bonds is 5. The summed E-state index contributed by atoms with van der Waals surface area (Å²) in [5.41, 5.74) is 0.648. The van der Waals surface area contributed by atoms with Crippen molar-refractivity contribution in [2.45, 2.75) is 13.1 Å². The van der Waals surface area contributed by atoms with Crippen molar-refractivity contribution in [3.05, 3.63) is 46.2 Å². The van der Waals surface area contributed by atoms with E-state index in [-0.39, 0.29) is 5.56 Å². The van der Waals surface area contributed by atoms with Crippen molar-refractivity contribution in [3.63, 3.8) is 0 Å². The molecule has 0 amide bonds. The lowest BCUT2D eigenvalue weighted by molar-refractivity contribution is 0.0694. The third-order valence-corrected chi connectivity index (χ3v) is 3.07. The van der Waals surface area contributed by atoms with E-state index < -0.39 is 5.97 Å². The van der Waals surface area contributed by atoms with Crippen molar-refractivity contribution >= 4 is 17.3 Å². The molecule has 0 fully saturated rings. The van der Waals surface area contributed by atoms with Crippen LogP contribution in [-0.4, -0.2) is 21.0 Å². The van der Waals surface area contributed by atoms with Gasteiger partial charge in [-0.2, -0.15) is 0 Å². The summed E-state index contributed by atoms with van der Waals surface area (Å²) in [5.74, 6) is -1.00. The van der Waals surface area contributed by atoms with E-state index in [9.17, 15) is 4.79 Å². The first-order chi connectivity index (χ1) is 8.27. The highest BCUT2D eigenvalue weighted by molar-refractivity contribution is 7.09. The van der Waals surface area contributed by atoms with Crippen LogP contribution in [0.5, 0.6) is 0 Å². The molecule has 0 unspecified atom stereocenters. The summed E-state index contributed by atoms with van der Waals surface area (Å²) in [4.78, 5) is 19.8. The minimum atomic E-state index is -1.00. The van der Waals surface area contributed by atoms with Gasteiger partial charge in [-0.15, -0.1) is 11.3 Å². The summed E-state index contributed by atoms with van der Waals surface area (Å²) in [6.07, 6.45) is 2.67. The van der Waals surface area contributed by atoms with E-state index in [0.29, 0.717) is 18.8 Å². The number of hydrogen-bond donors (Lipinski definition) is 2. The molecule has 0 saturated carbocycles. The zero-order chi connectivity index (χ0) is 12.1. The van der Waals surface area contributed by atoms with E-state index in [4.69, 9.17) is 5.11 Å². The molecule has 0 spiro atoms. The zero-order valence-corrected chi connectivity index (χ0v) is 9.78. The van der Waals surface area contributed by atoms with Gasteiger partial charge < -0.3 is 10.4 Å². The average molecular weight is 249 g/mol. The molecule has 0 atom stereocenters. The maximum absolute atomic E-state index is 10.9. The van der Waals surface area contributed by atoms with Crippen LogP contribution in [0.3, 0.4) is 0 Å². The van der Waals surface area contributed by atoms with Crippen molar-refractivity contribution in [2.75, 3.05) is 0 Å². The molecule has 2 N–H and O–H groups in total. The van der Waals surface area contributed by atoms with Gasteiger partial charge in [0, 0.05) is 24.2 Å². The number of carboxylic acid groups (broad SMARTS) is 1. The molecule has 0 bridgehead atoms. The molecule has 88 valence electrons. The van der Waals surface area contributed by atoms with Gasteiger partial charge in [0.05, 0.1) is 5.69 Å². The van der Waals surface area contributed by atoms with E-state index >= 15 is 0 Å². The van der Waals surface area contributed by atoms with Crippen molar-refractivity contribution in [1.29, 1.82) is 0 Å². The van der Waals surface area contributed by atoms with Gasteiger partial charge in [-0.05, 0) is 11.4 Å². The first-order valence-electron chi connectivity index (χ1n) is 5.02. The Morgan fingerprint density at radius 2 is 2.35 bits per heavy atom. The Hall–Kier alpha value is -1.79. The van der Waals surface area contributed by atoms with Gasteiger partial charge in [-0.25, -0.2) is 14.8 Å². The summed E-state index contributed by atoms with van der Waals surface area (Å²) in [6.45, 7) is 1.13. The number of carbonyl (C=O) groups is 1. The lowest BCUT2D eigenvalue weighted by Crippen LogP contribution is -2.16. The topological polar surface area (TPSA) is 75.1 Å². The molecule has 2 aromatic heterocycles. The molecule has 0 aromatic carbocycles. The van der Waals surface area contributed by atoms with Crippen molar-refractivity contribution in [2.24, 2.45) is 0 Å². The molecular weight excluding hydrogens is 238 g/mol. The third-order valence-electron chi connectivity index (χ3n) is 2.20. The Labute approximate surface area is 102 Å². The highest BCUT2D eigenvalue weighted by atomic mass is 32.1. The fourth-order valence-corrected chi connectivity index (χ4v) is 2.07. The molecule has 5 nitrogen and oxygen atoms in total. The monoisotopic (exact) mass is 249 g/mol. The summed E-state index contributed by atoms with van der Waals surface area (Å²) in [6, 6.07) is 4.00. The van der Waals surface area contributed by atoms with Crippen LogP contribution in [0.25, 0.3) is 0 Å². The SMILES string of the molecule is O=C(O)c1cncnc1CNCc1cccs1. The Morgan fingerprint density at radius 1 is 1.47 bits per heavy atom. The molecular formula is C11H11N3O2S. The van der Waals surface area contributed by atoms with E-state index in [1.807, 2.05) is 17.5 Å². The summed E-state index contributed by atoms with van der Waals surface area (Å²) >= 11 is 1.66. The first kappa shape index (κ1) is 11.7. The lowest BCUT2D eigenvalue weighted by atomic mass is 10.2. The Bertz CT molecular complexity index is 499.